The van der Waals surface area contributed by atoms with E-state index in [-0.39, 0.29) is 17.8 Å². The number of amides is 1. The minimum Gasteiger partial charge on any atom is -0.482 e. The van der Waals surface area contributed by atoms with Crippen molar-refractivity contribution in [1.29, 1.82) is 0 Å². The van der Waals surface area contributed by atoms with Crippen molar-refractivity contribution in [1.82, 2.24) is 14.8 Å². The van der Waals surface area contributed by atoms with Gasteiger partial charge in [-0.05, 0) is 61.1 Å². The number of carbonyl (C=O) groups excluding carboxylic acids is 1. The van der Waals surface area contributed by atoms with Gasteiger partial charge in [-0.15, -0.1) is 10.2 Å². The third-order valence-corrected chi connectivity index (χ3v) is 6.76. The maximum atomic E-state index is 12.6. The van der Waals surface area contributed by atoms with Crippen LogP contribution in [0.2, 0.25) is 0 Å². The number of hydrogen-bond donors (Lipinski definition) is 1. The summed E-state index contributed by atoms with van der Waals surface area (Å²) in [5, 5.41) is 12.6. The summed E-state index contributed by atoms with van der Waals surface area (Å²) in [6, 6.07) is 13.9. The van der Waals surface area contributed by atoms with Crippen LogP contribution in [0.4, 0.5) is 5.69 Å². The molecule has 0 radical (unpaired) electrons. The summed E-state index contributed by atoms with van der Waals surface area (Å²) in [5.74, 6) is 2.55. The second-order valence-corrected chi connectivity index (χ2v) is 11.0. The Morgan fingerprint density at radius 3 is 2.53 bits per heavy atom. The van der Waals surface area contributed by atoms with Gasteiger partial charge in [-0.25, -0.2) is 0 Å². The highest BCUT2D eigenvalue weighted by Gasteiger charge is 2.22. The standard InChI is InChI=1S/C26H33BrN4O2S/c1-16(2)14-31-25(19(6)33-23-10-8-7-9-21(23)17(3)4)29-30-26(31)34-15-24(32)28-22-12-11-20(27)13-18(22)5/h7-13,16-17,19H,14-15H2,1-6H3,(H,28,32). The number of aromatic nitrogens is 3. The molecule has 1 amide bonds. The molecule has 0 aliphatic heterocycles. The summed E-state index contributed by atoms with van der Waals surface area (Å²) >= 11 is 4.84. The summed E-state index contributed by atoms with van der Waals surface area (Å²) in [7, 11) is 0. The molecule has 3 aromatic rings. The number of para-hydroxylation sites is 1. The molecule has 1 heterocycles. The molecule has 34 heavy (non-hydrogen) atoms. The number of carbonyl (C=O) groups is 1. The number of anilines is 1. The highest BCUT2D eigenvalue weighted by molar-refractivity contribution is 9.10. The van der Waals surface area contributed by atoms with E-state index in [1.807, 2.05) is 50.2 Å². The number of hydrogen-bond acceptors (Lipinski definition) is 5. The Kier molecular flexibility index (Phi) is 9.19. The van der Waals surface area contributed by atoms with E-state index in [4.69, 9.17) is 4.74 Å². The number of halogens is 1. The number of nitrogens with zero attached hydrogens (tertiary/aromatic N) is 3. The van der Waals surface area contributed by atoms with Crippen molar-refractivity contribution in [3.8, 4) is 5.75 Å². The van der Waals surface area contributed by atoms with Crippen LogP contribution in [-0.4, -0.2) is 26.4 Å². The second-order valence-electron chi connectivity index (χ2n) is 9.09. The van der Waals surface area contributed by atoms with E-state index in [2.05, 4.69) is 69.8 Å². The van der Waals surface area contributed by atoms with Gasteiger partial charge >= 0.3 is 0 Å². The van der Waals surface area contributed by atoms with E-state index < -0.39 is 0 Å². The molecule has 0 saturated heterocycles. The Labute approximate surface area is 215 Å². The molecule has 6 nitrogen and oxygen atoms in total. The zero-order chi connectivity index (χ0) is 24.8. The fourth-order valence-electron chi connectivity index (χ4n) is 3.64. The average Bonchev–Trinajstić information content (AvgIpc) is 3.16. The lowest BCUT2D eigenvalue weighted by Crippen LogP contribution is -2.17. The first kappa shape index (κ1) is 26.3. The van der Waals surface area contributed by atoms with Crippen LogP contribution >= 0.6 is 27.7 Å². The number of rotatable bonds is 10. The lowest BCUT2D eigenvalue weighted by molar-refractivity contribution is -0.113. The van der Waals surface area contributed by atoms with Gasteiger partial charge in [0, 0.05) is 16.7 Å². The van der Waals surface area contributed by atoms with Gasteiger partial charge in [0.1, 0.15) is 5.75 Å². The molecule has 1 N–H and O–H groups in total. The first-order valence-corrected chi connectivity index (χ1v) is 13.3. The van der Waals surface area contributed by atoms with Gasteiger partial charge in [0.05, 0.1) is 5.75 Å². The SMILES string of the molecule is Cc1cc(Br)ccc1NC(=O)CSc1nnc(C(C)Oc2ccccc2C(C)C)n1CC(C)C. The number of thioether (sulfide) groups is 1. The van der Waals surface area contributed by atoms with Gasteiger partial charge in [0.25, 0.3) is 0 Å². The third kappa shape index (κ3) is 6.85. The Bertz CT molecular complexity index is 1130. The van der Waals surface area contributed by atoms with Crippen LogP contribution in [0, 0.1) is 12.8 Å². The quantitative estimate of drug-likeness (QED) is 0.278. The molecule has 0 bridgehead atoms. The van der Waals surface area contributed by atoms with E-state index in [1.165, 1.54) is 17.3 Å². The highest BCUT2D eigenvalue weighted by atomic mass is 79.9. The lowest BCUT2D eigenvalue weighted by atomic mass is 10.0. The minimum absolute atomic E-state index is 0.0776. The zero-order valence-corrected chi connectivity index (χ0v) is 23.0. The number of aryl methyl sites for hydroxylation is 1. The second kappa shape index (κ2) is 11.9. The Morgan fingerprint density at radius 1 is 1.12 bits per heavy atom. The van der Waals surface area contributed by atoms with Crippen LogP contribution in [0.3, 0.4) is 0 Å². The summed E-state index contributed by atoms with van der Waals surface area (Å²) in [6.07, 6.45) is -0.278. The molecule has 0 aliphatic carbocycles. The third-order valence-electron chi connectivity index (χ3n) is 5.30. The van der Waals surface area contributed by atoms with Crippen molar-refractivity contribution in [3.05, 3.63) is 63.9 Å². The van der Waals surface area contributed by atoms with Gasteiger partial charge in [-0.1, -0.05) is 73.6 Å². The molecule has 1 atom stereocenters. The van der Waals surface area contributed by atoms with Crippen LogP contribution in [0.15, 0.2) is 52.1 Å². The molecule has 1 unspecified atom stereocenters. The van der Waals surface area contributed by atoms with E-state index in [1.54, 1.807) is 0 Å². The van der Waals surface area contributed by atoms with Crippen molar-refractivity contribution >= 4 is 39.3 Å². The lowest BCUT2D eigenvalue weighted by Gasteiger charge is -2.20. The average molecular weight is 546 g/mol. The van der Waals surface area contributed by atoms with Crippen LogP contribution in [0.1, 0.15) is 63.6 Å². The molecule has 182 valence electrons. The van der Waals surface area contributed by atoms with E-state index >= 15 is 0 Å². The van der Waals surface area contributed by atoms with Crippen LogP contribution in [-0.2, 0) is 11.3 Å². The van der Waals surface area contributed by atoms with Gasteiger partial charge in [-0.2, -0.15) is 0 Å². The Balaban J connectivity index is 1.74. The van der Waals surface area contributed by atoms with Crippen molar-refractivity contribution in [2.24, 2.45) is 5.92 Å². The van der Waals surface area contributed by atoms with Gasteiger partial charge < -0.3 is 14.6 Å². The summed E-state index contributed by atoms with van der Waals surface area (Å²) < 4.78 is 9.40. The molecular formula is C26H33BrN4O2S. The monoisotopic (exact) mass is 544 g/mol. The van der Waals surface area contributed by atoms with Crippen molar-refractivity contribution in [3.63, 3.8) is 0 Å². The predicted molar refractivity (Wildman–Crippen MR) is 143 cm³/mol. The fourth-order valence-corrected chi connectivity index (χ4v) is 4.87. The fraction of sp³-hybridized carbons (Fsp3) is 0.423. The Morgan fingerprint density at radius 2 is 1.85 bits per heavy atom. The normalized spacial score (nSPS) is 12.3. The number of nitrogens with one attached hydrogen (secondary N) is 1. The van der Waals surface area contributed by atoms with Gasteiger partial charge in [0.2, 0.25) is 5.91 Å². The van der Waals surface area contributed by atoms with E-state index in [0.717, 1.165) is 39.0 Å². The highest BCUT2D eigenvalue weighted by Crippen LogP contribution is 2.31. The first-order chi connectivity index (χ1) is 16.2. The maximum absolute atomic E-state index is 12.6. The maximum Gasteiger partial charge on any atom is 0.234 e. The van der Waals surface area contributed by atoms with Crippen molar-refractivity contribution in [2.75, 3.05) is 11.1 Å². The van der Waals surface area contributed by atoms with Crippen molar-refractivity contribution < 1.29 is 9.53 Å². The van der Waals surface area contributed by atoms with Gasteiger partial charge in [-0.3, -0.25) is 4.79 Å². The molecule has 3 rings (SSSR count). The molecule has 0 spiro atoms. The smallest absolute Gasteiger partial charge is 0.234 e. The predicted octanol–water partition coefficient (Wildman–Crippen LogP) is 7.00. The number of benzene rings is 2. The Hall–Kier alpha value is -2.32. The minimum atomic E-state index is -0.278. The molecule has 0 fully saturated rings. The van der Waals surface area contributed by atoms with Crippen LogP contribution in [0.25, 0.3) is 0 Å². The molecule has 2 aromatic carbocycles. The van der Waals surface area contributed by atoms with E-state index in [0.29, 0.717) is 11.8 Å². The summed E-state index contributed by atoms with van der Waals surface area (Å²) in [6.45, 7) is 13.3. The largest absolute Gasteiger partial charge is 0.482 e. The topological polar surface area (TPSA) is 69.0 Å². The molecular weight excluding hydrogens is 512 g/mol. The van der Waals surface area contributed by atoms with E-state index in [9.17, 15) is 4.79 Å². The van der Waals surface area contributed by atoms with Crippen LogP contribution in [0.5, 0.6) is 5.75 Å². The number of ether oxygens (including phenoxy) is 1. The molecule has 1 aromatic heterocycles. The van der Waals surface area contributed by atoms with Crippen LogP contribution < -0.4 is 10.1 Å². The summed E-state index contributed by atoms with van der Waals surface area (Å²) in [5.41, 5.74) is 2.98. The molecule has 0 saturated carbocycles. The zero-order valence-electron chi connectivity index (χ0n) is 20.6. The van der Waals surface area contributed by atoms with Crippen molar-refractivity contribution in [2.45, 2.75) is 65.3 Å². The molecule has 0 aliphatic rings. The van der Waals surface area contributed by atoms with Gasteiger partial charge in [0.15, 0.2) is 17.1 Å². The summed E-state index contributed by atoms with van der Waals surface area (Å²) in [4.78, 5) is 12.6. The molecule has 8 heteroatoms. The first-order valence-electron chi connectivity index (χ1n) is 11.5.